The number of nitrogens with zero attached hydrogens (tertiary/aromatic N) is 1. The molecule has 2 aliphatic rings. The molecule has 0 aromatic heterocycles. The van der Waals surface area contributed by atoms with E-state index in [1.165, 1.54) is 6.07 Å². The Morgan fingerprint density at radius 2 is 1.83 bits per heavy atom. The number of hydrogen-bond donors (Lipinski definition) is 4. The molecule has 0 spiro atoms. The van der Waals surface area contributed by atoms with Crippen LogP contribution >= 0.6 is 0 Å². The maximum atomic E-state index is 11.4. The predicted molar refractivity (Wildman–Crippen MR) is 95.4 cm³/mol. The summed E-state index contributed by atoms with van der Waals surface area (Å²) in [5, 5.41) is 39.1. The molecule has 0 radical (unpaired) electrons. The Bertz CT molecular complexity index is 871. The van der Waals surface area contributed by atoms with Crippen LogP contribution in [0.5, 0.6) is 0 Å². The Labute approximate surface area is 138 Å². The molecule has 0 atom stereocenters. The van der Waals surface area contributed by atoms with E-state index in [2.05, 4.69) is 15.6 Å². The SMILES string of the molecule is [O-][N+]([O-])=c1cccc2[nH]c3ccccc3c(NCCNCCO)c1-2. The molecule has 1 heterocycles. The fourth-order valence-electron chi connectivity index (χ4n) is 2.81. The number of benzene rings is 2. The van der Waals surface area contributed by atoms with Gasteiger partial charge in [-0.05, 0) is 12.1 Å². The normalized spacial score (nSPS) is 11.0. The molecule has 1 aliphatic heterocycles. The van der Waals surface area contributed by atoms with Crippen molar-refractivity contribution < 1.29 is 5.11 Å². The van der Waals surface area contributed by atoms with Gasteiger partial charge in [0.1, 0.15) is 0 Å². The molecule has 0 unspecified atom stereocenters. The molecule has 1 aromatic carbocycles. The van der Waals surface area contributed by atoms with Crippen molar-refractivity contribution in [3.05, 3.63) is 58.2 Å². The largest absolute Gasteiger partial charge is 0.612 e. The number of nitrogens with one attached hydrogen (secondary N) is 3. The van der Waals surface area contributed by atoms with Crippen LogP contribution in [-0.2, 0) is 0 Å². The lowest BCUT2D eigenvalue weighted by atomic mass is 10.0. The number of aliphatic hydroxyl groups excluding tert-OH is 1. The van der Waals surface area contributed by atoms with E-state index >= 15 is 0 Å². The number of H-pyrrole nitrogens is 1. The van der Waals surface area contributed by atoms with E-state index in [9.17, 15) is 10.4 Å². The summed E-state index contributed by atoms with van der Waals surface area (Å²) in [6.07, 6.45) is 0. The summed E-state index contributed by atoms with van der Waals surface area (Å²) < 4.78 is 0. The molecule has 1 aromatic rings. The molecule has 3 rings (SSSR count). The van der Waals surface area contributed by atoms with Gasteiger partial charge in [-0.3, -0.25) is 0 Å². The average molecular weight is 327 g/mol. The van der Waals surface area contributed by atoms with E-state index in [1.54, 1.807) is 6.07 Å². The van der Waals surface area contributed by atoms with Gasteiger partial charge in [0, 0.05) is 36.6 Å². The van der Waals surface area contributed by atoms with Crippen LogP contribution in [0.15, 0.2) is 42.5 Å². The third kappa shape index (κ3) is 3.12. The van der Waals surface area contributed by atoms with Crippen molar-refractivity contribution in [3.63, 3.8) is 0 Å². The molecule has 0 bridgehead atoms. The number of pyridine rings is 1. The van der Waals surface area contributed by atoms with Gasteiger partial charge in [-0.25, -0.2) is 0 Å². The van der Waals surface area contributed by atoms with Gasteiger partial charge >= 0.3 is 0 Å². The van der Waals surface area contributed by atoms with Crippen molar-refractivity contribution in [1.82, 2.24) is 15.2 Å². The molecule has 0 saturated heterocycles. The van der Waals surface area contributed by atoms with E-state index in [-0.39, 0.29) is 16.9 Å². The van der Waals surface area contributed by atoms with Gasteiger partial charge in [0.2, 0.25) is 5.36 Å². The van der Waals surface area contributed by atoms with Gasteiger partial charge in [-0.2, -0.15) is 4.90 Å². The highest BCUT2D eigenvalue weighted by molar-refractivity contribution is 6.00. The van der Waals surface area contributed by atoms with Gasteiger partial charge in [-0.1, -0.05) is 24.3 Å². The Kier molecular flexibility index (Phi) is 4.83. The van der Waals surface area contributed by atoms with Crippen molar-refractivity contribution in [1.29, 1.82) is 0 Å². The van der Waals surface area contributed by atoms with Crippen LogP contribution in [-0.4, -0.2) is 36.3 Å². The number of aromatic amines is 1. The fraction of sp³-hybridized carbons (Fsp3) is 0.235. The number of fused-ring (bicyclic) bond motifs is 2. The molecule has 7 nitrogen and oxygen atoms in total. The van der Waals surface area contributed by atoms with Crippen molar-refractivity contribution >= 4 is 16.6 Å². The number of anilines is 1. The lowest BCUT2D eigenvalue weighted by Crippen LogP contribution is -2.27. The van der Waals surface area contributed by atoms with E-state index in [0.29, 0.717) is 30.9 Å². The van der Waals surface area contributed by atoms with Crippen LogP contribution in [0.25, 0.3) is 22.2 Å². The minimum absolute atomic E-state index is 0.0697. The Balaban J connectivity index is 2.13. The quantitative estimate of drug-likeness (QED) is 0.307. The lowest BCUT2D eigenvalue weighted by molar-refractivity contribution is 0.293. The maximum Gasteiger partial charge on any atom is 0.234 e. The van der Waals surface area contributed by atoms with E-state index in [4.69, 9.17) is 5.11 Å². The summed E-state index contributed by atoms with van der Waals surface area (Å²) in [7, 11) is 0. The van der Waals surface area contributed by atoms with Gasteiger partial charge in [0.15, 0.2) is 0 Å². The first kappa shape index (κ1) is 16.1. The third-order valence-corrected chi connectivity index (χ3v) is 3.85. The highest BCUT2D eigenvalue weighted by Gasteiger charge is 2.17. The van der Waals surface area contributed by atoms with Crippen LogP contribution in [0, 0.1) is 10.4 Å². The van der Waals surface area contributed by atoms with Gasteiger partial charge in [0.05, 0.1) is 23.6 Å². The standard InChI is InChI=1S/C17H19N4O3/c22-11-10-18-8-9-19-17-12-4-1-2-5-13(12)20-14-6-3-7-15(16(14)17)21(23)24/h1-7,18-20,22H,8-11H2/q-1. The van der Waals surface area contributed by atoms with E-state index in [0.717, 1.165) is 16.6 Å². The fourth-order valence-corrected chi connectivity index (χ4v) is 2.81. The Morgan fingerprint density at radius 1 is 1.00 bits per heavy atom. The summed E-state index contributed by atoms with van der Waals surface area (Å²) in [5.41, 5.74) is 2.95. The predicted octanol–water partition coefficient (Wildman–Crippen LogP) is 1.03. The zero-order valence-electron chi connectivity index (χ0n) is 13.1. The van der Waals surface area contributed by atoms with Gasteiger partial charge in [-0.15, -0.1) is 0 Å². The van der Waals surface area contributed by atoms with Crippen LogP contribution in [0.3, 0.4) is 0 Å². The molecule has 0 amide bonds. The highest BCUT2D eigenvalue weighted by atomic mass is 16.8. The Morgan fingerprint density at radius 3 is 2.62 bits per heavy atom. The molecule has 4 N–H and O–H groups in total. The highest BCUT2D eigenvalue weighted by Crippen LogP contribution is 2.32. The van der Waals surface area contributed by atoms with Crippen LogP contribution < -0.4 is 20.9 Å². The second-order valence-electron chi connectivity index (χ2n) is 5.40. The van der Waals surface area contributed by atoms with Crippen LogP contribution in [0.2, 0.25) is 0 Å². The van der Waals surface area contributed by atoms with Crippen LogP contribution in [0.1, 0.15) is 0 Å². The third-order valence-electron chi connectivity index (χ3n) is 3.85. The lowest BCUT2D eigenvalue weighted by Gasteiger charge is -2.18. The molecule has 24 heavy (non-hydrogen) atoms. The molecular weight excluding hydrogens is 308 g/mol. The molecule has 7 heteroatoms. The first-order valence-corrected chi connectivity index (χ1v) is 7.79. The van der Waals surface area contributed by atoms with Crippen LogP contribution in [0.4, 0.5) is 5.69 Å². The van der Waals surface area contributed by atoms with Crippen molar-refractivity contribution in [2.45, 2.75) is 0 Å². The first-order valence-electron chi connectivity index (χ1n) is 7.79. The Hall–Kier alpha value is -2.77. The van der Waals surface area contributed by atoms with Gasteiger partial charge < -0.3 is 31.1 Å². The molecule has 0 fully saturated rings. The number of para-hydroxylation sites is 1. The maximum absolute atomic E-state index is 11.4. The minimum Gasteiger partial charge on any atom is -0.612 e. The zero-order chi connectivity index (χ0) is 16.9. The van der Waals surface area contributed by atoms with E-state index < -0.39 is 0 Å². The van der Waals surface area contributed by atoms with Crippen molar-refractivity contribution in [2.24, 2.45) is 0 Å². The summed E-state index contributed by atoms with van der Waals surface area (Å²) in [6, 6.07) is 12.7. The number of aromatic nitrogens is 1. The van der Waals surface area contributed by atoms with E-state index in [1.807, 2.05) is 30.3 Å². The smallest absolute Gasteiger partial charge is 0.234 e. The van der Waals surface area contributed by atoms with Crippen molar-refractivity contribution in [2.75, 3.05) is 31.6 Å². The number of hydrogen-bond acceptors (Lipinski definition) is 5. The summed E-state index contributed by atoms with van der Waals surface area (Å²) in [6.45, 7) is 1.84. The molecule has 126 valence electrons. The first-order chi connectivity index (χ1) is 11.7. The molecule has 0 saturated carbocycles. The van der Waals surface area contributed by atoms with Crippen molar-refractivity contribution in [3.8, 4) is 11.3 Å². The summed E-state index contributed by atoms with van der Waals surface area (Å²) >= 11 is 0. The van der Waals surface area contributed by atoms with Gasteiger partial charge in [0.25, 0.3) is 0 Å². The monoisotopic (exact) mass is 327 g/mol. The molecule has 1 aliphatic carbocycles. The summed E-state index contributed by atoms with van der Waals surface area (Å²) in [5.74, 6) is 0. The molecular formula is C17H19N4O3-. The summed E-state index contributed by atoms with van der Waals surface area (Å²) in [4.78, 5) is 2.90. The zero-order valence-corrected chi connectivity index (χ0v) is 13.1. The minimum atomic E-state index is -0.361. The second kappa shape index (κ2) is 7.20. The second-order valence-corrected chi connectivity index (χ2v) is 5.40. The number of rotatable bonds is 6. The topological polar surface area (TPSA) is 109 Å². The average Bonchev–Trinajstić information content (AvgIpc) is 2.60. The number of aliphatic hydroxyl groups is 1.